The average Bonchev–Trinajstić information content (AvgIpc) is 3.05. The second kappa shape index (κ2) is 8.18. The van der Waals surface area contributed by atoms with Gasteiger partial charge in [0.15, 0.2) is 0 Å². The van der Waals surface area contributed by atoms with Gasteiger partial charge in [0.1, 0.15) is 0 Å². The van der Waals surface area contributed by atoms with Crippen LogP contribution < -0.4 is 0 Å². The maximum absolute atomic E-state index is 12.8. The lowest BCUT2D eigenvalue weighted by atomic mass is 10.1. The Morgan fingerprint density at radius 3 is 2.57 bits per heavy atom. The van der Waals surface area contributed by atoms with Crippen molar-refractivity contribution < 1.29 is 9.53 Å². The number of likely N-dealkylation sites (tertiary alicyclic amines) is 1. The first-order valence-corrected chi connectivity index (χ1v) is 9.61. The molecule has 1 aromatic rings. The fourth-order valence-electron chi connectivity index (χ4n) is 3.43. The second-order valence-electron chi connectivity index (χ2n) is 6.32. The summed E-state index contributed by atoms with van der Waals surface area (Å²) in [7, 11) is 1.72. The van der Waals surface area contributed by atoms with Gasteiger partial charge in [-0.1, -0.05) is 24.3 Å². The molecule has 0 aliphatic carbocycles. The number of hydrogen-bond acceptors (Lipinski definition) is 4. The van der Waals surface area contributed by atoms with Crippen LogP contribution in [-0.4, -0.2) is 60.0 Å². The van der Waals surface area contributed by atoms with Gasteiger partial charge in [-0.2, -0.15) is 11.8 Å². The van der Waals surface area contributed by atoms with Crippen LogP contribution in [0.2, 0.25) is 0 Å². The number of carbonyl (C=O) groups excluding carboxylic acids is 1. The van der Waals surface area contributed by atoms with Crippen LogP contribution in [0, 0.1) is 0 Å². The number of benzene rings is 1. The van der Waals surface area contributed by atoms with E-state index in [-0.39, 0.29) is 6.04 Å². The minimum atomic E-state index is 0.0803. The molecule has 23 heavy (non-hydrogen) atoms. The molecule has 4 nitrogen and oxygen atoms in total. The zero-order chi connectivity index (χ0) is 16.1. The van der Waals surface area contributed by atoms with E-state index in [1.807, 2.05) is 11.8 Å². The topological polar surface area (TPSA) is 32.8 Å². The molecule has 126 valence electrons. The van der Waals surface area contributed by atoms with Gasteiger partial charge in [-0.25, -0.2) is 0 Å². The fourth-order valence-corrected chi connectivity index (χ4v) is 4.33. The molecule has 2 aliphatic heterocycles. The Kier molecular flexibility index (Phi) is 5.97. The third-order valence-corrected chi connectivity index (χ3v) is 5.63. The molecule has 2 heterocycles. The van der Waals surface area contributed by atoms with Crippen molar-refractivity contribution in [3.8, 4) is 0 Å². The average molecular weight is 334 g/mol. The van der Waals surface area contributed by atoms with Gasteiger partial charge >= 0.3 is 0 Å². The van der Waals surface area contributed by atoms with Crippen LogP contribution in [0.15, 0.2) is 24.3 Å². The molecular weight excluding hydrogens is 308 g/mol. The monoisotopic (exact) mass is 334 g/mol. The van der Waals surface area contributed by atoms with Gasteiger partial charge in [0, 0.05) is 38.2 Å². The molecule has 5 heteroatoms. The number of rotatable bonds is 5. The largest absolute Gasteiger partial charge is 0.380 e. The highest BCUT2D eigenvalue weighted by molar-refractivity contribution is 7.99. The van der Waals surface area contributed by atoms with Crippen molar-refractivity contribution in [2.45, 2.75) is 32.0 Å². The Morgan fingerprint density at radius 1 is 1.17 bits per heavy atom. The smallest absolute Gasteiger partial charge is 0.239 e. The van der Waals surface area contributed by atoms with E-state index < -0.39 is 0 Å². The first-order valence-electron chi connectivity index (χ1n) is 8.45. The third kappa shape index (κ3) is 4.28. The molecule has 0 bridgehead atoms. The van der Waals surface area contributed by atoms with Crippen LogP contribution >= 0.6 is 11.8 Å². The van der Waals surface area contributed by atoms with Crippen molar-refractivity contribution >= 4 is 17.7 Å². The molecule has 3 rings (SSSR count). The molecule has 1 atom stereocenters. The van der Waals surface area contributed by atoms with Gasteiger partial charge in [0.25, 0.3) is 0 Å². The Labute approximate surface area is 143 Å². The molecule has 0 unspecified atom stereocenters. The van der Waals surface area contributed by atoms with Gasteiger partial charge in [-0.3, -0.25) is 9.69 Å². The second-order valence-corrected chi connectivity index (χ2v) is 7.54. The maximum atomic E-state index is 12.8. The van der Waals surface area contributed by atoms with Crippen LogP contribution in [-0.2, 0) is 22.7 Å². The van der Waals surface area contributed by atoms with Crippen molar-refractivity contribution in [2.75, 3.05) is 38.2 Å². The third-order valence-electron chi connectivity index (χ3n) is 4.69. The summed E-state index contributed by atoms with van der Waals surface area (Å²) in [6.07, 6.45) is 2.13. The van der Waals surface area contributed by atoms with Gasteiger partial charge in [-0.15, -0.1) is 0 Å². The minimum Gasteiger partial charge on any atom is -0.380 e. The van der Waals surface area contributed by atoms with Crippen LogP contribution in [0.1, 0.15) is 24.0 Å². The van der Waals surface area contributed by atoms with E-state index >= 15 is 0 Å². The van der Waals surface area contributed by atoms with Gasteiger partial charge in [0.2, 0.25) is 5.91 Å². The molecule has 1 aromatic carbocycles. The van der Waals surface area contributed by atoms with Crippen molar-refractivity contribution in [1.82, 2.24) is 9.80 Å². The van der Waals surface area contributed by atoms with Crippen LogP contribution in [0.4, 0.5) is 0 Å². The highest BCUT2D eigenvalue weighted by atomic mass is 32.2. The Morgan fingerprint density at radius 2 is 1.87 bits per heavy atom. The quantitative estimate of drug-likeness (QED) is 0.828. The summed E-state index contributed by atoms with van der Waals surface area (Å²) in [4.78, 5) is 17.2. The number of amides is 1. The SMILES string of the molecule is COCc1ccc(CN2CCC[C@@H]2C(=O)N2CCSCC2)cc1. The molecule has 0 radical (unpaired) electrons. The number of hydrogen-bond donors (Lipinski definition) is 0. The molecule has 0 saturated carbocycles. The molecule has 0 N–H and O–H groups in total. The van der Waals surface area contributed by atoms with Gasteiger partial charge < -0.3 is 9.64 Å². The van der Waals surface area contributed by atoms with Crippen molar-refractivity contribution in [3.63, 3.8) is 0 Å². The predicted octanol–water partition coefficient (Wildman–Crippen LogP) is 2.37. The Hall–Kier alpha value is -1.04. The molecule has 2 fully saturated rings. The fraction of sp³-hybridized carbons (Fsp3) is 0.611. The normalized spacial score (nSPS) is 22.5. The zero-order valence-electron chi connectivity index (χ0n) is 13.9. The van der Waals surface area contributed by atoms with E-state index in [1.54, 1.807) is 7.11 Å². The van der Waals surface area contributed by atoms with Crippen LogP contribution in [0.25, 0.3) is 0 Å². The molecule has 1 amide bonds. The van der Waals surface area contributed by atoms with Gasteiger partial charge in [-0.05, 0) is 30.5 Å². The molecule has 2 saturated heterocycles. The highest BCUT2D eigenvalue weighted by Crippen LogP contribution is 2.23. The number of carbonyl (C=O) groups is 1. The Balaban J connectivity index is 1.60. The van der Waals surface area contributed by atoms with E-state index in [1.165, 1.54) is 11.1 Å². The summed E-state index contributed by atoms with van der Waals surface area (Å²) < 4.78 is 5.15. The summed E-state index contributed by atoms with van der Waals surface area (Å²) in [5.74, 6) is 2.51. The summed E-state index contributed by atoms with van der Waals surface area (Å²) in [6, 6.07) is 8.63. The van der Waals surface area contributed by atoms with Crippen LogP contribution in [0.5, 0.6) is 0 Å². The molecule has 0 spiro atoms. The van der Waals surface area contributed by atoms with Crippen LogP contribution in [0.3, 0.4) is 0 Å². The summed E-state index contributed by atoms with van der Waals surface area (Å²) in [5.41, 5.74) is 2.47. The molecule has 0 aromatic heterocycles. The number of methoxy groups -OCH3 is 1. The lowest BCUT2D eigenvalue weighted by molar-refractivity contribution is -0.135. The first-order chi connectivity index (χ1) is 11.3. The molecule has 2 aliphatic rings. The minimum absolute atomic E-state index is 0.0803. The predicted molar refractivity (Wildman–Crippen MR) is 94.5 cm³/mol. The van der Waals surface area contributed by atoms with Gasteiger partial charge in [0.05, 0.1) is 12.6 Å². The standard InChI is InChI=1S/C18H26N2O2S/c1-22-14-16-6-4-15(5-7-16)13-20-8-2-3-17(20)18(21)19-9-11-23-12-10-19/h4-7,17H,2-3,8-14H2,1H3/t17-/m1/s1. The van der Waals surface area contributed by atoms with E-state index in [2.05, 4.69) is 34.1 Å². The van der Waals surface area contributed by atoms with E-state index in [0.29, 0.717) is 12.5 Å². The number of nitrogens with zero attached hydrogens (tertiary/aromatic N) is 2. The summed E-state index contributed by atoms with van der Waals surface area (Å²) in [6.45, 7) is 4.38. The molecular formula is C18H26N2O2S. The van der Waals surface area contributed by atoms with Crippen molar-refractivity contribution in [1.29, 1.82) is 0 Å². The number of thioether (sulfide) groups is 1. The van der Waals surface area contributed by atoms with Crippen molar-refractivity contribution in [2.24, 2.45) is 0 Å². The maximum Gasteiger partial charge on any atom is 0.239 e. The Bertz CT molecular complexity index is 514. The number of ether oxygens (including phenoxy) is 1. The zero-order valence-corrected chi connectivity index (χ0v) is 14.7. The van der Waals surface area contributed by atoms with E-state index in [0.717, 1.165) is 50.5 Å². The van der Waals surface area contributed by atoms with Crippen molar-refractivity contribution in [3.05, 3.63) is 35.4 Å². The lowest BCUT2D eigenvalue weighted by Gasteiger charge is -2.32. The summed E-state index contributed by atoms with van der Waals surface area (Å²) >= 11 is 1.95. The van der Waals surface area contributed by atoms with E-state index in [9.17, 15) is 4.79 Å². The highest BCUT2D eigenvalue weighted by Gasteiger charge is 2.33. The lowest BCUT2D eigenvalue weighted by Crippen LogP contribution is -2.48. The first kappa shape index (κ1) is 16.8. The van der Waals surface area contributed by atoms with E-state index in [4.69, 9.17) is 4.74 Å². The summed E-state index contributed by atoms with van der Waals surface area (Å²) in [5, 5.41) is 0.